The third-order valence-corrected chi connectivity index (χ3v) is 12.5. The minimum atomic E-state index is -0.311. The Morgan fingerprint density at radius 1 is 0.865 bits per heavy atom. The molecule has 5 fully saturated rings. The molecule has 0 unspecified atom stereocenters. The van der Waals surface area contributed by atoms with E-state index in [0.717, 1.165) is 64.2 Å². The van der Waals surface area contributed by atoms with Gasteiger partial charge in [-0.15, -0.1) is 0 Å². The van der Waals surface area contributed by atoms with Crippen LogP contribution in [0.4, 0.5) is 4.79 Å². The Morgan fingerprint density at radius 3 is 2.30 bits per heavy atom. The fourth-order valence-electron chi connectivity index (χ4n) is 10.5. The van der Waals surface area contributed by atoms with E-state index in [1.807, 2.05) is 0 Å². The number of hydrogen-bond acceptors (Lipinski definition) is 5. The smallest absolute Gasteiger partial charge is 0.407 e. The van der Waals surface area contributed by atoms with Crippen LogP contribution in [0.15, 0.2) is 0 Å². The third-order valence-electron chi connectivity index (χ3n) is 12.5. The van der Waals surface area contributed by atoms with E-state index < -0.39 is 0 Å². The van der Waals surface area contributed by atoms with E-state index in [0.29, 0.717) is 42.1 Å². The minimum Gasteiger partial charge on any atom is -0.450 e. The van der Waals surface area contributed by atoms with Gasteiger partial charge in [0.25, 0.3) is 0 Å². The number of hydrogen-bond donors (Lipinski definition) is 4. The van der Waals surface area contributed by atoms with E-state index in [9.17, 15) is 20.1 Å². The number of carbonyl (C=O) groups is 1. The number of aliphatic hydroxyl groups is 3. The standard InChI is InChI=1S/C31H53NO5/c1-4-23-26-18-22(34)13-15-31(26,3)25-14-16-30(2)19(7-12-24(30)27(25)28(23)35)6-5-17-37-29(36)32-20-8-10-21(33)11-9-20/h19-28,33-35H,4-18H2,1-3H3,(H,32,36)/t19-,20?,21?,22+,23+,24-,25-,26-,27-,28+,30+,31+/m0/s1. The second-order valence-corrected chi connectivity index (χ2v) is 14.1. The highest BCUT2D eigenvalue weighted by Gasteiger charge is 2.64. The molecule has 0 aromatic carbocycles. The number of fused-ring (bicyclic) bond motifs is 5. The summed E-state index contributed by atoms with van der Waals surface area (Å²) in [6.45, 7) is 7.71. The van der Waals surface area contributed by atoms with Crippen molar-refractivity contribution in [2.45, 2.75) is 135 Å². The molecule has 0 aliphatic heterocycles. The summed E-state index contributed by atoms with van der Waals surface area (Å²) in [6, 6.07) is 0.128. The molecule has 10 atom stereocenters. The summed E-state index contributed by atoms with van der Waals surface area (Å²) in [7, 11) is 0. The van der Waals surface area contributed by atoms with Crippen LogP contribution < -0.4 is 5.32 Å². The van der Waals surface area contributed by atoms with Crippen LogP contribution in [0.3, 0.4) is 0 Å². The van der Waals surface area contributed by atoms with Crippen molar-refractivity contribution in [2.24, 2.45) is 46.3 Å². The van der Waals surface area contributed by atoms with Crippen molar-refractivity contribution in [3.8, 4) is 0 Å². The normalized spacial score (nSPS) is 49.5. The fourth-order valence-corrected chi connectivity index (χ4v) is 10.5. The van der Waals surface area contributed by atoms with Gasteiger partial charge in [-0.2, -0.15) is 0 Å². The number of amides is 1. The summed E-state index contributed by atoms with van der Waals surface area (Å²) in [5, 5.41) is 34.9. The molecular weight excluding hydrogens is 466 g/mol. The third kappa shape index (κ3) is 5.09. The van der Waals surface area contributed by atoms with Crippen molar-refractivity contribution in [2.75, 3.05) is 6.61 Å². The lowest BCUT2D eigenvalue weighted by Gasteiger charge is -2.64. The van der Waals surface area contributed by atoms with Gasteiger partial charge in [0.1, 0.15) is 0 Å². The van der Waals surface area contributed by atoms with Crippen molar-refractivity contribution in [3.63, 3.8) is 0 Å². The Bertz CT molecular complexity index is 798. The highest BCUT2D eigenvalue weighted by molar-refractivity contribution is 5.67. The van der Waals surface area contributed by atoms with Crippen molar-refractivity contribution >= 4 is 6.09 Å². The molecule has 5 aliphatic rings. The molecule has 0 aromatic rings. The van der Waals surface area contributed by atoms with Crippen molar-refractivity contribution in [3.05, 3.63) is 0 Å². The number of rotatable bonds is 6. The highest BCUT2D eigenvalue weighted by atomic mass is 16.5. The molecular formula is C31H53NO5. The van der Waals surface area contributed by atoms with Crippen LogP contribution in [-0.4, -0.2) is 52.4 Å². The summed E-state index contributed by atoms with van der Waals surface area (Å²) in [6.07, 6.45) is 13.0. The number of alkyl carbamates (subject to hydrolysis) is 1. The van der Waals surface area contributed by atoms with Gasteiger partial charge in [0, 0.05) is 6.04 Å². The van der Waals surface area contributed by atoms with E-state index >= 15 is 0 Å². The first kappa shape index (κ1) is 27.7. The molecule has 0 bridgehead atoms. The van der Waals surface area contributed by atoms with Crippen molar-refractivity contribution in [1.29, 1.82) is 0 Å². The Balaban J connectivity index is 1.17. The Morgan fingerprint density at radius 2 is 1.57 bits per heavy atom. The molecule has 0 spiro atoms. The summed E-state index contributed by atoms with van der Waals surface area (Å²) in [4.78, 5) is 12.3. The molecule has 4 N–H and O–H groups in total. The molecule has 212 valence electrons. The predicted molar refractivity (Wildman–Crippen MR) is 144 cm³/mol. The molecule has 0 radical (unpaired) electrons. The summed E-state index contributed by atoms with van der Waals surface area (Å²) in [5.41, 5.74) is 0.518. The van der Waals surface area contributed by atoms with E-state index in [2.05, 4.69) is 26.1 Å². The number of aliphatic hydroxyl groups excluding tert-OH is 3. The van der Waals surface area contributed by atoms with Gasteiger partial charge in [-0.3, -0.25) is 0 Å². The first-order valence-electron chi connectivity index (χ1n) is 15.6. The van der Waals surface area contributed by atoms with E-state index in [1.165, 1.54) is 25.7 Å². The molecule has 6 heteroatoms. The average molecular weight is 520 g/mol. The summed E-state index contributed by atoms with van der Waals surface area (Å²) < 4.78 is 5.54. The van der Waals surface area contributed by atoms with Gasteiger partial charge in [-0.1, -0.05) is 27.2 Å². The molecule has 37 heavy (non-hydrogen) atoms. The van der Waals surface area contributed by atoms with Gasteiger partial charge in [-0.05, 0) is 130 Å². The first-order valence-corrected chi connectivity index (χ1v) is 15.6. The zero-order chi connectivity index (χ0) is 26.4. The molecule has 5 rings (SSSR count). The van der Waals surface area contributed by atoms with E-state index in [-0.39, 0.29) is 41.3 Å². The van der Waals surface area contributed by atoms with Crippen molar-refractivity contribution in [1.82, 2.24) is 5.32 Å². The highest BCUT2D eigenvalue weighted by Crippen LogP contribution is 2.69. The molecule has 5 saturated carbocycles. The quantitative estimate of drug-likeness (QED) is 0.351. The number of nitrogens with one attached hydrogen (secondary N) is 1. The maximum absolute atomic E-state index is 12.3. The molecule has 6 nitrogen and oxygen atoms in total. The number of carbonyl (C=O) groups excluding carboxylic acids is 1. The second-order valence-electron chi connectivity index (χ2n) is 14.1. The molecule has 0 saturated heterocycles. The predicted octanol–water partition coefficient (Wildman–Crippen LogP) is 5.42. The van der Waals surface area contributed by atoms with Crippen LogP contribution in [0.1, 0.15) is 111 Å². The first-order chi connectivity index (χ1) is 17.7. The molecule has 0 aromatic heterocycles. The molecule has 0 heterocycles. The topological polar surface area (TPSA) is 99.0 Å². The maximum Gasteiger partial charge on any atom is 0.407 e. The molecule has 5 aliphatic carbocycles. The lowest BCUT2D eigenvalue weighted by molar-refractivity contribution is -0.202. The van der Waals surface area contributed by atoms with Gasteiger partial charge in [0.15, 0.2) is 0 Å². The van der Waals surface area contributed by atoms with E-state index in [4.69, 9.17) is 4.74 Å². The van der Waals surface area contributed by atoms with Gasteiger partial charge in [0.05, 0.1) is 24.9 Å². The lowest BCUT2D eigenvalue weighted by atomic mass is 9.41. The van der Waals surface area contributed by atoms with Gasteiger partial charge < -0.3 is 25.4 Å². The Kier molecular flexibility index (Phi) is 8.21. The zero-order valence-corrected chi connectivity index (χ0v) is 23.5. The second kappa shape index (κ2) is 11.0. The Labute approximate surface area is 224 Å². The summed E-state index contributed by atoms with van der Waals surface area (Å²) >= 11 is 0. The van der Waals surface area contributed by atoms with Crippen LogP contribution in [0, 0.1) is 46.3 Å². The Hall–Kier alpha value is -0.850. The van der Waals surface area contributed by atoms with Crippen molar-refractivity contribution < 1.29 is 24.9 Å². The lowest BCUT2D eigenvalue weighted by Crippen LogP contribution is -2.62. The number of ether oxygens (including phenoxy) is 1. The maximum atomic E-state index is 12.3. The van der Waals surface area contributed by atoms with Gasteiger partial charge in [-0.25, -0.2) is 4.79 Å². The van der Waals surface area contributed by atoms with Gasteiger partial charge in [0.2, 0.25) is 0 Å². The largest absolute Gasteiger partial charge is 0.450 e. The SMILES string of the molecule is CC[C@H]1[C@@H](O)[C@@H]2[C@H](CC[C@]3(C)[C@@H](CCCOC(=O)NC4CCC(O)CC4)CC[C@@H]23)[C@@]2(C)CC[C@@H](O)C[C@@H]12. The van der Waals surface area contributed by atoms with Crippen LogP contribution in [0.5, 0.6) is 0 Å². The average Bonchev–Trinajstić information content (AvgIpc) is 3.21. The molecule has 1 amide bonds. The van der Waals surface area contributed by atoms with Crippen LogP contribution >= 0.6 is 0 Å². The van der Waals surface area contributed by atoms with Gasteiger partial charge >= 0.3 is 6.09 Å². The van der Waals surface area contributed by atoms with Crippen LogP contribution in [-0.2, 0) is 4.74 Å². The zero-order valence-electron chi connectivity index (χ0n) is 23.5. The van der Waals surface area contributed by atoms with Crippen LogP contribution in [0.25, 0.3) is 0 Å². The van der Waals surface area contributed by atoms with E-state index in [1.54, 1.807) is 0 Å². The monoisotopic (exact) mass is 519 g/mol. The van der Waals surface area contributed by atoms with Crippen LogP contribution in [0.2, 0.25) is 0 Å². The summed E-state index contributed by atoms with van der Waals surface area (Å²) in [5.74, 6) is 2.93. The fraction of sp³-hybridized carbons (Fsp3) is 0.968. The minimum absolute atomic E-state index is 0.128.